The van der Waals surface area contributed by atoms with E-state index < -0.39 is 15.0 Å². The Bertz CT molecular complexity index is 491. The van der Waals surface area contributed by atoms with E-state index in [0.29, 0.717) is 0 Å². The van der Waals surface area contributed by atoms with Crippen LogP contribution in [0.15, 0.2) is 10.3 Å². The third-order valence-electron chi connectivity index (χ3n) is 1.64. The van der Waals surface area contributed by atoms with E-state index in [9.17, 15) is 13.2 Å². The van der Waals surface area contributed by atoms with Crippen LogP contribution in [0.5, 0.6) is 5.75 Å². The van der Waals surface area contributed by atoms with Crippen LogP contribution in [0.4, 0.5) is 0 Å². The molecule has 0 aliphatic heterocycles. The van der Waals surface area contributed by atoms with Gasteiger partial charge >= 0.3 is 5.97 Å². The Hall–Kier alpha value is -0.790. The lowest BCUT2D eigenvalue weighted by Crippen LogP contribution is -2.07. The van der Waals surface area contributed by atoms with Crippen molar-refractivity contribution in [2.24, 2.45) is 0 Å². The van der Waals surface area contributed by atoms with E-state index in [1.807, 2.05) is 0 Å². The smallest absolute Gasteiger partial charge is 0.349 e. The molecule has 0 aromatic carbocycles. The molecule has 0 bridgehead atoms. The van der Waals surface area contributed by atoms with Crippen LogP contribution in [0.3, 0.4) is 0 Å². The van der Waals surface area contributed by atoms with Crippen molar-refractivity contribution in [3.05, 3.63) is 10.3 Å². The van der Waals surface area contributed by atoms with Crippen LogP contribution in [-0.4, -0.2) is 28.1 Å². The fourth-order valence-electron chi connectivity index (χ4n) is 1.04. The van der Waals surface area contributed by atoms with E-state index in [4.69, 9.17) is 20.2 Å². The minimum atomic E-state index is -4.04. The van der Waals surface area contributed by atoms with Gasteiger partial charge in [0.05, 0.1) is 13.7 Å². The summed E-state index contributed by atoms with van der Waals surface area (Å²) in [6.45, 7) is 1.78. The van der Waals surface area contributed by atoms with Crippen molar-refractivity contribution >= 4 is 37.0 Å². The first-order valence-corrected chi connectivity index (χ1v) is 7.38. The van der Waals surface area contributed by atoms with Gasteiger partial charge in [0.1, 0.15) is 15.5 Å². The molecule has 0 saturated carbocycles. The standard InChI is InChI=1S/C8H9ClO5S2/c1-3-14-8(10)6-7(16(9,11)12)5(13-2)4-15-6/h4H,3H2,1-2H3. The molecule has 0 radical (unpaired) electrons. The number of thiophene rings is 1. The number of hydrogen-bond acceptors (Lipinski definition) is 6. The number of methoxy groups -OCH3 is 1. The zero-order valence-corrected chi connectivity index (χ0v) is 10.9. The first-order valence-electron chi connectivity index (χ1n) is 4.19. The summed E-state index contributed by atoms with van der Waals surface area (Å²) >= 11 is 0.913. The lowest BCUT2D eigenvalue weighted by molar-refractivity contribution is 0.0527. The van der Waals surface area contributed by atoms with Gasteiger partial charge in [-0.2, -0.15) is 0 Å². The lowest BCUT2D eigenvalue weighted by atomic mass is 10.4. The number of carbonyl (C=O) groups excluding carboxylic acids is 1. The molecule has 1 aromatic rings. The van der Waals surface area contributed by atoms with Gasteiger partial charge in [-0.3, -0.25) is 0 Å². The predicted molar refractivity (Wildman–Crippen MR) is 59.9 cm³/mol. The highest BCUT2D eigenvalue weighted by Crippen LogP contribution is 2.36. The molecule has 0 N–H and O–H groups in total. The van der Waals surface area contributed by atoms with E-state index in [2.05, 4.69) is 0 Å². The Kier molecular flexibility index (Phi) is 4.17. The maximum Gasteiger partial charge on any atom is 0.349 e. The quantitative estimate of drug-likeness (QED) is 0.623. The van der Waals surface area contributed by atoms with Gasteiger partial charge in [-0.1, -0.05) is 0 Å². The Morgan fingerprint density at radius 3 is 2.62 bits per heavy atom. The molecule has 1 aromatic heterocycles. The third kappa shape index (κ3) is 2.66. The Balaban J connectivity index is 3.31. The van der Waals surface area contributed by atoms with Crippen molar-refractivity contribution in [2.75, 3.05) is 13.7 Å². The zero-order chi connectivity index (χ0) is 12.3. The largest absolute Gasteiger partial charge is 0.494 e. The van der Waals surface area contributed by atoms with Crippen molar-refractivity contribution < 1.29 is 22.7 Å². The third-order valence-corrected chi connectivity index (χ3v) is 4.06. The normalized spacial score (nSPS) is 11.2. The summed E-state index contributed by atoms with van der Waals surface area (Å²) in [5.74, 6) is -0.682. The van der Waals surface area contributed by atoms with Gasteiger partial charge in [0.2, 0.25) is 0 Å². The molecule has 0 saturated heterocycles. The van der Waals surface area contributed by atoms with E-state index in [1.165, 1.54) is 12.5 Å². The molecule has 0 fully saturated rings. The van der Waals surface area contributed by atoms with E-state index in [-0.39, 0.29) is 22.1 Å². The summed E-state index contributed by atoms with van der Waals surface area (Å²) in [6.07, 6.45) is 0. The zero-order valence-electron chi connectivity index (χ0n) is 8.52. The second-order valence-electron chi connectivity index (χ2n) is 2.62. The number of halogens is 1. The monoisotopic (exact) mass is 284 g/mol. The fraction of sp³-hybridized carbons (Fsp3) is 0.375. The second kappa shape index (κ2) is 5.03. The summed E-state index contributed by atoms with van der Waals surface area (Å²) in [6, 6.07) is 0. The van der Waals surface area contributed by atoms with E-state index >= 15 is 0 Å². The average molecular weight is 285 g/mol. The summed E-state index contributed by atoms with van der Waals surface area (Å²) in [5.41, 5.74) is 0. The molecule has 8 heteroatoms. The van der Waals surface area contributed by atoms with Crippen molar-refractivity contribution in [2.45, 2.75) is 11.8 Å². The van der Waals surface area contributed by atoms with Gasteiger partial charge in [0.15, 0.2) is 0 Å². The molecule has 16 heavy (non-hydrogen) atoms. The minimum absolute atomic E-state index is 0.0445. The molecular formula is C8H9ClO5S2. The number of rotatable bonds is 4. The van der Waals surface area contributed by atoms with Crippen LogP contribution in [0.25, 0.3) is 0 Å². The van der Waals surface area contributed by atoms with Crippen molar-refractivity contribution in [1.82, 2.24) is 0 Å². The molecule has 0 spiro atoms. The van der Waals surface area contributed by atoms with Gasteiger partial charge in [0, 0.05) is 16.1 Å². The number of esters is 1. The van der Waals surface area contributed by atoms with Crippen LogP contribution < -0.4 is 4.74 Å². The number of carbonyl (C=O) groups is 1. The molecular weight excluding hydrogens is 276 g/mol. The molecule has 90 valence electrons. The summed E-state index contributed by atoms with van der Waals surface area (Å²) in [7, 11) is 2.48. The number of ether oxygens (including phenoxy) is 2. The minimum Gasteiger partial charge on any atom is -0.494 e. The Labute approximate surface area is 101 Å². The Morgan fingerprint density at radius 1 is 1.56 bits per heavy atom. The summed E-state index contributed by atoms with van der Waals surface area (Å²) in [5, 5.41) is 1.39. The van der Waals surface area contributed by atoms with Gasteiger partial charge in [-0.05, 0) is 6.92 Å². The van der Waals surface area contributed by atoms with Gasteiger partial charge in [-0.15, -0.1) is 11.3 Å². The van der Waals surface area contributed by atoms with Crippen molar-refractivity contribution in [1.29, 1.82) is 0 Å². The molecule has 1 heterocycles. The highest BCUT2D eigenvalue weighted by Gasteiger charge is 2.28. The molecule has 0 unspecified atom stereocenters. The van der Waals surface area contributed by atoms with Crippen molar-refractivity contribution in [3.63, 3.8) is 0 Å². The topological polar surface area (TPSA) is 69.7 Å². The maximum absolute atomic E-state index is 11.5. The molecule has 1 rings (SSSR count). The molecule has 0 aliphatic carbocycles. The summed E-state index contributed by atoms with van der Waals surface area (Å²) in [4.78, 5) is 11.0. The lowest BCUT2D eigenvalue weighted by Gasteiger charge is -2.02. The molecule has 0 aliphatic rings. The second-order valence-corrected chi connectivity index (χ2v) is 6.00. The summed E-state index contributed by atoms with van der Waals surface area (Å²) < 4.78 is 32.1. The van der Waals surface area contributed by atoms with Gasteiger partial charge in [-0.25, -0.2) is 13.2 Å². The maximum atomic E-state index is 11.5. The van der Waals surface area contributed by atoms with E-state index in [1.54, 1.807) is 6.92 Å². The van der Waals surface area contributed by atoms with Gasteiger partial charge < -0.3 is 9.47 Å². The number of hydrogen-bond donors (Lipinski definition) is 0. The van der Waals surface area contributed by atoms with Gasteiger partial charge in [0.25, 0.3) is 9.05 Å². The van der Waals surface area contributed by atoms with Crippen molar-refractivity contribution in [3.8, 4) is 5.75 Å². The Morgan fingerprint density at radius 2 is 2.19 bits per heavy atom. The first kappa shape index (κ1) is 13.3. The van der Waals surface area contributed by atoms with Crippen LogP contribution in [0.2, 0.25) is 0 Å². The molecule has 0 atom stereocenters. The molecule has 0 amide bonds. The average Bonchev–Trinajstić information content (AvgIpc) is 2.60. The van der Waals surface area contributed by atoms with Crippen LogP contribution >= 0.6 is 22.0 Å². The highest BCUT2D eigenvalue weighted by molar-refractivity contribution is 8.14. The van der Waals surface area contributed by atoms with E-state index in [0.717, 1.165) is 11.3 Å². The fourth-order valence-corrected chi connectivity index (χ4v) is 3.67. The molecule has 5 nitrogen and oxygen atoms in total. The predicted octanol–water partition coefficient (Wildman–Crippen LogP) is 1.86. The first-order chi connectivity index (χ1) is 7.41. The van der Waals surface area contributed by atoms with Crippen LogP contribution in [0.1, 0.15) is 16.6 Å². The van der Waals surface area contributed by atoms with Crippen LogP contribution in [-0.2, 0) is 13.8 Å². The SMILES string of the molecule is CCOC(=O)c1scc(OC)c1S(=O)(=O)Cl. The van der Waals surface area contributed by atoms with Crippen LogP contribution in [0, 0.1) is 0 Å². The highest BCUT2D eigenvalue weighted by atomic mass is 35.7.